The standard InChI is InChI=1S/C7H10N4O/c1-3-2-4(8)5-6(9-3)10-11-7(5)12/h2,4-5H,8H2,1H3,(H,9,10)(H,11,12). The van der Waals surface area contributed by atoms with E-state index in [9.17, 15) is 4.79 Å². The van der Waals surface area contributed by atoms with Gasteiger partial charge in [-0.25, -0.2) is 4.99 Å². The molecule has 5 heteroatoms. The first-order valence-corrected chi connectivity index (χ1v) is 3.77. The molecule has 5 nitrogen and oxygen atoms in total. The van der Waals surface area contributed by atoms with Crippen LogP contribution in [0, 0.1) is 5.92 Å². The van der Waals surface area contributed by atoms with E-state index in [2.05, 4.69) is 15.8 Å². The van der Waals surface area contributed by atoms with Crippen LogP contribution < -0.4 is 16.6 Å². The molecule has 1 fully saturated rings. The van der Waals surface area contributed by atoms with Crippen molar-refractivity contribution in [1.29, 1.82) is 0 Å². The normalized spacial score (nSPS) is 33.0. The molecule has 0 aromatic heterocycles. The molecule has 2 atom stereocenters. The number of nitrogens with two attached hydrogens (primary N) is 1. The van der Waals surface area contributed by atoms with Crippen molar-refractivity contribution >= 4 is 11.7 Å². The molecule has 0 aromatic carbocycles. The molecular formula is C7H10N4O. The minimum Gasteiger partial charge on any atom is -0.323 e. The number of nitrogens with zero attached hydrogens (tertiary/aromatic N) is 1. The second-order valence-corrected chi connectivity index (χ2v) is 2.97. The van der Waals surface area contributed by atoms with Gasteiger partial charge in [0, 0.05) is 11.7 Å². The fourth-order valence-electron chi connectivity index (χ4n) is 1.46. The van der Waals surface area contributed by atoms with Crippen molar-refractivity contribution in [3.63, 3.8) is 0 Å². The average molecular weight is 166 g/mol. The number of amides is 1. The summed E-state index contributed by atoms with van der Waals surface area (Å²) in [6.07, 6.45) is 1.79. The molecule has 0 bridgehead atoms. The molecule has 2 heterocycles. The monoisotopic (exact) mass is 166 g/mol. The van der Waals surface area contributed by atoms with Crippen LogP contribution in [0.15, 0.2) is 16.8 Å². The average Bonchev–Trinajstić information content (AvgIpc) is 2.31. The second-order valence-electron chi connectivity index (χ2n) is 2.97. The lowest BCUT2D eigenvalue weighted by molar-refractivity contribution is -0.122. The van der Waals surface area contributed by atoms with Gasteiger partial charge >= 0.3 is 0 Å². The molecule has 2 unspecified atom stereocenters. The molecule has 1 saturated heterocycles. The van der Waals surface area contributed by atoms with Crippen molar-refractivity contribution in [1.82, 2.24) is 10.9 Å². The zero-order valence-electron chi connectivity index (χ0n) is 6.66. The summed E-state index contributed by atoms with van der Waals surface area (Å²) >= 11 is 0. The fourth-order valence-corrected chi connectivity index (χ4v) is 1.46. The molecule has 0 saturated carbocycles. The van der Waals surface area contributed by atoms with Gasteiger partial charge in [0.1, 0.15) is 11.8 Å². The Bertz CT molecular complexity index is 294. The maximum atomic E-state index is 11.2. The van der Waals surface area contributed by atoms with Gasteiger partial charge in [0.05, 0.1) is 0 Å². The van der Waals surface area contributed by atoms with Gasteiger partial charge in [-0.05, 0) is 13.0 Å². The molecule has 2 aliphatic rings. The highest BCUT2D eigenvalue weighted by Crippen LogP contribution is 2.17. The van der Waals surface area contributed by atoms with Crippen molar-refractivity contribution in [3.05, 3.63) is 11.8 Å². The highest BCUT2D eigenvalue weighted by molar-refractivity contribution is 6.09. The number of carbonyl (C=O) groups is 1. The molecular weight excluding hydrogens is 156 g/mol. The molecule has 0 aliphatic carbocycles. The number of aliphatic imine (C=N–C) groups is 1. The first-order valence-electron chi connectivity index (χ1n) is 3.77. The largest absolute Gasteiger partial charge is 0.323 e. The van der Waals surface area contributed by atoms with Crippen LogP contribution in [0.4, 0.5) is 0 Å². The van der Waals surface area contributed by atoms with Crippen molar-refractivity contribution in [2.24, 2.45) is 16.6 Å². The molecule has 0 aromatic rings. The second kappa shape index (κ2) is 2.31. The van der Waals surface area contributed by atoms with Crippen molar-refractivity contribution < 1.29 is 4.79 Å². The number of hydrogen-bond acceptors (Lipinski definition) is 4. The van der Waals surface area contributed by atoms with Gasteiger partial charge < -0.3 is 5.73 Å². The molecule has 2 rings (SSSR count). The zero-order valence-corrected chi connectivity index (χ0v) is 6.66. The maximum Gasteiger partial charge on any atom is 0.251 e. The van der Waals surface area contributed by atoms with E-state index in [1.54, 1.807) is 6.08 Å². The van der Waals surface area contributed by atoms with Gasteiger partial charge in [0.25, 0.3) is 5.91 Å². The number of allylic oxidation sites excluding steroid dienone is 1. The van der Waals surface area contributed by atoms with Crippen molar-refractivity contribution in [3.8, 4) is 0 Å². The summed E-state index contributed by atoms with van der Waals surface area (Å²) < 4.78 is 0. The quantitative estimate of drug-likeness (QED) is 0.426. The summed E-state index contributed by atoms with van der Waals surface area (Å²) in [5.74, 6) is 0.200. The summed E-state index contributed by atoms with van der Waals surface area (Å²) in [5.41, 5.74) is 11.8. The molecule has 1 amide bonds. The summed E-state index contributed by atoms with van der Waals surface area (Å²) in [7, 11) is 0. The third-order valence-corrected chi connectivity index (χ3v) is 2.01. The summed E-state index contributed by atoms with van der Waals surface area (Å²) in [6, 6.07) is -0.257. The van der Waals surface area contributed by atoms with E-state index < -0.39 is 0 Å². The number of nitrogens with one attached hydrogen (secondary N) is 2. The third kappa shape index (κ3) is 0.902. The Morgan fingerprint density at radius 1 is 1.58 bits per heavy atom. The summed E-state index contributed by atoms with van der Waals surface area (Å²) in [5, 5.41) is 0. The minimum absolute atomic E-state index is 0.106. The highest BCUT2D eigenvalue weighted by atomic mass is 16.2. The lowest BCUT2D eigenvalue weighted by Gasteiger charge is -2.17. The van der Waals surface area contributed by atoms with Crippen LogP contribution in [0.25, 0.3) is 0 Å². The minimum atomic E-state index is -0.325. The van der Waals surface area contributed by atoms with E-state index in [-0.39, 0.29) is 17.9 Å². The van der Waals surface area contributed by atoms with Crippen molar-refractivity contribution in [2.75, 3.05) is 0 Å². The maximum absolute atomic E-state index is 11.2. The first-order chi connectivity index (χ1) is 5.68. The number of hydrogen-bond donors (Lipinski definition) is 3. The summed E-state index contributed by atoms with van der Waals surface area (Å²) in [6.45, 7) is 1.85. The van der Waals surface area contributed by atoms with Crippen LogP contribution in [0.5, 0.6) is 0 Å². The SMILES string of the molecule is CC1=CC(N)C2C(=O)NNC2=N1. The van der Waals surface area contributed by atoms with Crippen LogP contribution in [-0.2, 0) is 4.79 Å². The van der Waals surface area contributed by atoms with E-state index in [1.165, 1.54) is 0 Å². The molecule has 64 valence electrons. The van der Waals surface area contributed by atoms with E-state index in [4.69, 9.17) is 5.73 Å². The Labute approximate surface area is 69.7 Å². The predicted molar refractivity (Wildman–Crippen MR) is 43.9 cm³/mol. The molecule has 0 radical (unpaired) electrons. The Morgan fingerprint density at radius 2 is 2.33 bits per heavy atom. The molecule has 4 N–H and O–H groups in total. The van der Waals surface area contributed by atoms with Gasteiger partial charge in [-0.15, -0.1) is 0 Å². The topological polar surface area (TPSA) is 79.5 Å². The van der Waals surface area contributed by atoms with Gasteiger partial charge in [0.2, 0.25) is 0 Å². The number of hydrazine groups is 1. The smallest absolute Gasteiger partial charge is 0.251 e. The first kappa shape index (κ1) is 7.30. The van der Waals surface area contributed by atoms with Gasteiger partial charge in [0.15, 0.2) is 0 Å². The zero-order chi connectivity index (χ0) is 8.72. The molecule has 2 aliphatic heterocycles. The van der Waals surface area contributed by atoms with Gasteiger partial charge in [-0.2, -0.15) is 0 Å². The lowest BCUT2D eigenvalue weighted by Crippen LogP contribution is -2.39. The van der Waals surface area contributed by atoms with Crippen molar-refractivity contribution in [2.45, 2.75) is 13.0 Å². The van der Waals surface area contributed by atoms with E-state index in [1.807, 2.05) is 6.92 Å². The molecule has 0 spiro atoms. The Hall–Kier alpha value is -1.36. The van der Waals surface area contributed by atoms with Gasteiger partial charge in [-0.1, -0.05) is 0 Å². The van der Waals surface area contributed by atoms with Crippen LogP contribution in [-0.4, -0.2) is 17.8 Å². The summed E-state index contributed by atoms with van der Waals surface area (Å²) in [4.78, 5) is 15.3. The van der Waals surface area contributed by atoms with Crippen LogP contribution >= 0.6 is 0 Å². The number of rotatable bonds is 0. The fraction of sp³-hybridized carbons (Fsp3) is 0.429. The molecule has 12 heavy (non-hydrogen) atoms. The van der Waals surface area contributed by atoms with Crippen LogP contribution in [0.1, 0.15) is 6.92 Å². The number of carbonyl (C=O) groups excluding carboxylic acids is 1. The van der Waals surface area contributed by atoms with E-state index in [0.717, 1.165) is 5.70 Å². The predicted octanol–water partition coefficient (Wildman–Crippen LogP) is -1.12. The van der Waals surface area contributed by atoms with Crippen LogP contribution in [0.2, 0.25) is 0 Å². The van der Waals surface area contributed by atoms with E-state index in [0.29, 0.717) is 5.84 Å². The highest BCUT2D eigenvalue weighted by Gasteiger charge is 2.37. The Kier molecular flexibility index (Phi) is 1.41. The van der Waals surface area contributed by atoms with E-state index >= 15 is 0 Å². The number of fused-ring (bicyclic) bond motifs is 1. The van der Waals surface area contributed by atoms with Gasteiger partial charge in [-0.3, -0.25) is 15.6 Å². The van der Waals surface area contributed by atoms with Crippen LogP contribution in [0.3, 0.4) is 0 Å². The Balaban J connectivity index is 2.36. The number of amidine groups is 1. The Morgan fingerprint density at radius 3 is 3.08 bits per heavy atom. The third-order valence-electron chi connectivity index (χ3n) is 2.01. The lowest BCUT2D eigenvalue weighted by atomic mass is 9.96.